The average Bonchev–Trinajstić information content (AvgIpc) is 2.38. The van der Waals surface area contributed by atoms with Gasteiger partial charge in [0.25, 0.3) is 5.91 Å². The molecule has 0 atom stereocenters. The van der Waals surface area contributed by atoms with E-state index in [1.807, 2.05) is 0 Å². The SMILES string of the molecule is Cc1nc(C(=O)NC2CCCCC2)cc(C(F)(F)F)n1. The summed E-state index contributed by atoms with van der Waals surface area (Å²) in [6, 6.07) is 0.728. The summed E-state index contributed by atoms with van der Waals surface area (Å²) in [7, 11) is 0. The maximum atomic E-state index is 12.6. The lowest BCUT2D eigenvalue weighted by Crippen LogP contribution is -2.36. The van der Waals surface area contributed by atoms with Crippen LogP contribution in [0, 0.1) is 6.92 Å². The Morgan fingerprint density at radius 3 is 2.50 bits per heavy atom. The predicted octanol–water partition coefficient (Wildman–Crippen LogP) is 2.87. The van der Waals surface area contributed by atoms with E-state index in [0.29, 0.717) is 6.07 Å². The minimum atomic E-state index is -4.58. The van der Waals surface area contributed by atoms with E-state index in [4.69, 9.17) is 0 Å². The van der Waals surface area contributed by atoms with Crippen LogP contribution in [0.3, 0.4) is 0 Å². The molecule has 0 radical (unpaired) electrons. The molecule has 0 aromatic carbocycles. The Morgan fingerprint density at radius 2 is 1.90 bits per heavy atom. The lowest BCUT2D eigenvalue weighted by Gasteiger charge is -2.22. The highest BCUT2D eigenvalue weighted by Crippen LogP contribution is 2.28. The van der Waals surface area contributed by atoms with Crippen LogP contribution < -0.4 is 5.32 Å². The van der Waals surface area contributed by atoms with Gasteiger partial charge < -0.3 is 5.32 Å². The predicted molar refractivity (Wildman–Crippen MR) is 66.1 cm³/mol. The Bertz CT molecular complexity index is 496. The van der Waals surface area contributed by atoms with Crippen LogP contribution in [0.2, 0.25) is 0 Å². The van der Waals surface area contributed by atoms with Crippen LogP contribution in [0.25, 0.3) is 0 Å². The Labute approximate surface area is 114 Å². The van der Waals surface area contributed by atoms with Crippen molar-refractivity contribution in [3.8, 4) is 0 Å². The summed E-state index contributed by atoms with van der Waals surface area (Å²) in [6.45, 7) is 1.34. The van der Waals surface area contributed by atoms with Crippen molar-refractivity contribution in [3.05, 3.63) is 23.3 Å². The fraction of sp³-hybridized carbons (Fsp3) is 0.615. The molecule has 0 saturated heterocycles. The molecule has 1 aliphatic rings. The van der Waals surface area contributed by atoms with Gasteiger partial charge in [-0.15, -0.1) is 0 Å². The van der Waals surface area contributed by atoms with Crippen LogP contribution in [0.15, 0.2) is 6.07 Å². The Morgan fingerprint density at radius 1 is 1.25 bits per heavy atom. The number of aromatic nitrogens is 2. The van der Waals surface area contributed by atoms with Crippen LogP contribution in [-0.2, 0) is 6.18 Å². The topological polar surface area (TPSA) is 54.9 Å². The molecule has 0 aliphatic heterocycles. The van der Waals surface area contributed by atoms with E-state index in [0.717, 1.165) is 32.1 Å². The van der Waals surface area contributed by atoms with Crippen LogP contribution >= 0.6 is 0 Å². The van der Waals surface area contributed by atoms with Crippen molar-refractivity contribution in [2.45, 2.75) is 51.2 Å². The van der Waals surface area contributed by atoms with Gasteiger partial charge in [0.2, 0.25) is 0 Å². The van der Waals surface area contributed by atoms with Gasteiger partial charge in [0.15, 0.2) is 0 Å². The van der Waals surface area contributed by atoms with E-state index < -0.39 is 17.8 Å². The fourth-order valence-corrected chi connectivity index (χ4v) is 2.34. The van der Waals surface area contributed by atoms with E-state index in [1.54, 1.807) is 0 Å². The third-order valence-corrected chi connectivity index (χ3v) is 3.30. The maximum absolute atomic E-state index is 12.6. The molecule has 1 aromatic rings. The number of carbonyl (C=O) groups excluding carboxylic acids is 1. The molecule has 0 unspecified atom stereocenters. The van der Waals surface area contributed by atoms with Crippen molar-refractivity contribution in [3.63, 3.8) is 0 Å². The number of alkyl halides is 3. The molecule has 1 aromatic heterocycles. The molecule has 20 heavy (non-hydrogen) atoms. The number of carbonyl (C=O) groups is 1. The summed E-state index contributed by atoms with van der Waals surface area (Å²) in [4.78, 5) is 19.1. The number of halogens is 3. The quantitative estimate of drug-likeness (QED) is 0.910. The first-order valence-corrected chi connectivity index (χ1v) is 6.60. The first kappa shape index (κ1) is 14.7. The summed E-state index contributed by atoms with van der Waals surface area (Å²) >= 11 is 0. The van der Waals surface area contributed by atoms with Gasteiger partial charge in [0.1, 0.15) is 17.2 Å². The molecule has 0 spiro atoms. The normalized spacial score (nSPS) is 17.0. The van der Waals surface area contributed by atoms with E-state index in [2.05, 4.69) is 15.3 Å². The Kier molecular flexibility index (Phi) is 4.25. The van der Waals surface area contributed by atoms with Crippen molar-refractivity contribution in [1.82, 2.24) is 15.3 Å². The van der Waals surface area contributed by atoms with E-state index in [-0.39, 0.29) is 17.6 Å². The summed E-state index contributed by atoms with van der Waals surface area (Å²) < 4.78 is 37.9. The molecule has 0 bridgehead atoms. The van der Waals surface area contributed by atoms with Crippen molar-refractivity contribution in [1.29, 1.82) is 0 Å². The molecule has 1 amide bonds. The molecule has 7 heteroatoms. The van der Waals surface area contributed by atoms with Gasteiger partial charge in [-0.05, 0) is 19.8 Å². The van der Waals surface area contributed by atoms with Crippen molar-refractivity contribution < 1.29 is 18.0 Å². The van der Waals surface area contributed by atoms with Gasteiger partial charge in [-0.1, -0.05) is 19.3 Å². The zero-order valence-electron chi connectivity index (χ0n) is 11.1. The van der Waals surface area contributed by atoms with Gasteiger partial charge in [-0.3, -0.25) is 4.79 Å². The summed E-state index contributed by atoms with van der Waals surface area (Å²) in [6.07, 6.45) is 0.345. The monoisotopic (exact) mass is 287 g/mol. The number of rotatable bonds is 2. The minimum absolute atomic E-state index is 0.0286. The molecule has 1 N–H and O–H groups in total. The van der Waals surface area contributed by atoms with E-state index in [9.17, 15) is 18.0 Å². The van der Waals surface area contributed by atoms with Crippen molar-refractivity contribution in [2.24, 2.45) is 0 Å². The zero-order valence-corrected chi connectivity index (χ0v) is 11.1. The Balaban J connectivity index is 2.14. The van der Waals surface area contributed by atoms with E-state index >= 15 is 0 Å². The van der Waals surface area contributed by atoms with Gasteiger partial charge in [-0.2, -0.15) is 13.2 Å². The Hall–Kier alpha value is -1.66. The molecule has 1 aliphatic carbocycles. The van der Waals surface area contributed by atoms with E-state index in [1.165, 1.54) is 6.92 Å². The number of aryl methyl sites for hydroxylation is 1. The molecule has 1 fully saturated rings. The summed E-state index contributed by atoms with van der Waals surface area (Å²) in [5.74, 6) is -0.624. The highest BCUT2D eigenvalue weighted by atomic mass is 19.4. The molecular weight excluding hydrogens is 271 g/mol. The van der Waals surface area contributed by atoms with Crippen LogP contribution in [-0.4, -0.2) is 21.9 Å². The van der Waals surface area contributed by atoms with Gasteiger partial charge in [0, 0.05) is 12.1 Å². The second-order valence-electron chi connectivity index (χ2n) is 4.99. The largest absolute Gasteiger partial charge is 0.433 e. The molecule has 2 rings (SSSR count). The molecule has 1 saturated carbocycles. The third kappa shape index (κ3) is 3.68. The maximum Gasteiger partial charge on any atom is 0.433 e. The number of nitrogens with zero attached hydrogens (tertiary/aromatic N) is 2. The number of amides is 1. The number of hydrogen-bond donors (Lipinski definition) is 1. The summed E-state index contributed by atoms with van der Waals surface area (Å²) in [5, 5.41) is 2.74. The lowest BCUT2D eigenvalue weighted by atomic mass is 9.95. The number of nitrogens with one attached hydrogen (secondary N) is 1. The minimum Gasteiger partial charge on any atom is -0.348 e. The molecule has 4 nitrogen and oxygen atoms in total. The van der Waals surface area contributed by atoms with Gasteiger partial charge >= 0.3 is 6.18 Å². The first-order valence-electron chi connectivity index (χ1n) is 6.60. The molecule has 110 valence electrons. The summed E-state index contributed by atoms with van der Waals surface area (Å²) in [5.41, 5.74) is -1.31. The van der Waals surface area contributed by atoms with Gasteiger partial charge in [-0.25, -0.2) is 9.97 Å². The van der Waals surface area contributed by atoms with Crippen LogP contribution in [0.1, 0.15) is 54.1 Å². The standard InChI is InChI=1S/C13H16F3N3O/c1-8-17-10(7-11(18-8)13(14,15)16)12(20)19-9-5-3-2-4-6-9/h7,9H,2-6H2,1H3,(H,19,20). The third-order valence-electron chi connectivity index (χ3n) is 3.30. The zero-order chi connectivity index (χ0) is 14.8. The molecular formula is C13H16F3N3O. The fourth-order valence-electron chi connectivity index (χ4n) is 2.34. The lowest BCUT2D eigenvalue weighted by molar-refractivity contribution is -0.141. The van der Waals surface area contributed by atoms with Crippen LogP contribution in [0.5, 0.6) is 0 Å². The van der Waals surface area contributed by atoms with Crippen molar-refractivity contribution >= 4 is 5.91 Å². The van der Waals surface area contributed by atoms with Crippen molar-refractivity contribution in [2.75, 3.05) is 0 Å². The second kappa shape index (κ2) is 5.76. The first-order chi connectivity index (χ1) is 9.36. The highest BCUT2D eigenvalue weighted by molar-refractivity contribution is 5.92. The highest BCUT2D eigenvalue weighted by Gasteiger charge is 2.34. The molecule has 1 heterocycles. The second-order valence-corrected chi connectivity index (χ2v) is 4.99. The van der Waals surface area contributed by atoms with Gasteiger partial charge in [0.05, 0.1) is 0 Å². The number of hydrogen-bond acceptors (Lipinski definition) is 3. The smallest absolute Gasteiger partial charge is 0.348 e. The average molecular weight is 287 g/mol. The van der Waals surface area contributed by atoms with Crippen LogP contribution in [0.4, 0.5) is 13.2 Å².